The van der Waals surface area contributed by atoms with Crippen LogP contribution >= 0.6 is 18.0 Å². The van der Waals surface area contributed by atoms with E-state index in [1.165, 1.54) is 5.56 Å². The van der Waals surface area contributed by atoms with E-state index in [1.54, 1.807) is 0 Å². The van der Waals surface area contributed by atoms with Gasteiger partial charge in [-0.05, 0) is 51.2 Å². The molecule has 1 unspecified atom stereocenters. The Morgan fingerprint density at radius 1 is 1.00 bits per heavy atom. The maximum Gasteiger partial charge on any atom is 0.291 e. The van der Waals surface area contributed by atoms with E-state index in [2.05, 4.69) is 53.7 Å². The maximum atomic E-state index is 11.7. The Morgan fingerprint density at radius 2 is 1.40 bits per heavy atom. The fourth-order valence-electron chi connectivity index (χ4n) is 2.48. The van der Waals surface area contributed by atoms with Crippen LogP contribution < -0.4 is 0 Å². The quantitative estimate of drug-likeness (QED) is 0.678. The number of rotatable bonds is 5. The number of halogens is 1. The molecular weight excluding hydrogens is 291 g/mol. The molecule has 2 nitrogen and oxygen atoms in total. The Hall–Kier alpha value is -0.300. The third-order valence-electron chi connectivity index (χ3n) is 3.61. The molecule has 0 saturated heterocycles. The van der Waals surface area contributed by atoms with E-state index in [9.17, 15) is 9.46 Å². The highest BCUT2D eigenvalue weighted by Gasteiger charge is 2.23. The molecule has 0 aliphatic heterocycles. The molecule has 0 fully saturated rings. The maximum absolute atomic E-state index is 11.7. The zero-order valence-electron chi connectivity index (χ0n) is 13.3. The lowest BCUT2D eigenvalue weighted by Crippen LogP contribution is -2.06. The van der Waals surface area contributed by atoms with Gasteiger partial charge in [-0.25, -0.2) is 0 Å². The second-order valence-corrected chi connectivity index (χ2v) is 9.55. The van der Waals surface area contributed by atoms with Gasteiger partial charge >= 0.3 is 0 Å². The summed E-state index contributed by atoms with van der Waals surface area (Å²) in [4.78, 5) is 9.58. The second-order valence-electron chi connectivity index (χ2n) is 6.42. The molecule has 1 aromatic carbocycles. The summed E-state index contributed by atoms with van der Waals surface area (Å²) in [5.41, 5.74) is 4.54. The van der Waals surface area contributed by atoms with Crippen LogP contribution in [0, 0.1) is 0 Å². The standard InChI is InChI=1S/C16H26ClO2P/c1-10(2)13-7-14(11(3)4)16(9-20(17,18)19)15(8-13)12(5)6/h7-8,10-12H,9H2,1-6H3,(H,18,19). The van der Waals surface area contributed by atoms with Crippen LogP contribution in [-0.4, -0.2) is 4.89 Å². The van der Waals surface area contributed by atoms with Crippen molar-refractivity contribution < 1.29 is 9.46 Å². The van der Waals surface area contributed by atoms with E-state index in [4.69, 9.17) is 11.2 Å². The summed E-state index contributed by atoms with van der Waals surface area (Å²) >= 11 is 5.63. The van der Waals surface area contributed by atoms with Gasteiger partial charge in [-0.1, -0.05) is 53.7 Å². The van der Waals surface area contributed by atoms with Crippen molar-refractivity contribution in [1.82, 2.24) is 0 Å². The first kappa shape index (κ1) is 17.8. The summed E-state index contributed by atoms with van der Waals surface area (Å²) in [7, 11) is 0. The Labute approximate surface area is 127 Å². The Kier molecular flexibility index (Phi) is 5.89. The molecule has 20 heavy (non-hydrogen) atoms. The summed E-state index contributed by atoms with van der Waals surface area (Å²) in [5, 5.41) is 0. The van der Waals surface area contributed by atoms with Crippen LogP contribution in [0.25, 0.3) is 0 Å². The summed E-state index contributed by atoms with van der Waals surface area (Å²) < 4.78 is 11.7. The van der Waals surface area contributed by atoms with Gasteiger partial charge in [0.05, 0.1) is 6.16 Å². The van der Waals surface area contributed by atoms with Crippen LogP contribution in [0.15, 0.2) is 12.1 Å². The van der Waals surface area contributed by atoms with E-state index in [-0.39, 0.29) is 6.16 Å². The molecule has 0 heterocycles. The molecule has 0 bridgehead atoms. The average molecular weight is 317 g/mol. The Balaban J connectivity index is 3.55. The van der Waals surface area contributed by atoms with Crippen molar-refractivity contribution in [1.29, 1.82) is 0 Å². The van der Waals surface area contributed by atoms with Crippen LogP contribution in [0.1, 0.15) is 81.5 Å². The molecule has 0 amide bonds. The number of hydrogen-bond acceptors (Lipinski definition) is 1. The topological polar surface area (TPSA) is 37.3 Å². The molecule has 0 aromatic heterocycles. The highest BCUT2D eigenvalue weighted by molar-refractivity contribution is 7.83. The summed E-state index contributed by atoms with van der Waals surface area (Å²) in [6.07, 6.45) is 0.0496. The highest BCUT2D eigenvalue weighted by atomic mass is 35.7. The van der Waals surface area contributed by atoms with Gasteiger partial charge in [-0.2, -0.15) is 0 Å². The zero-order chi connectivity index (χ0) is 15.7. The van der Waals surface area contributed by atoms with E-state index < -0.39 is 6.72 Å². The van der Waals surface area contributed by atoms with Crippen molar-refractivity contribution in [3.8, 4) is 0 Å². The summed E-state index contributed by atoms with van der Waals surface area (Å²) in [5.74, 6) is 1.06. The monoisotopic (exact) mass is 316 g/mol. The molecule has 114 valence electrons. The largest absolute Gasteiger partial charge is 0.333 e. The van der Waals surface area contributed by atoms with Gasteiger partial charge in [-0.15, -0.1) is 0 Å². The van der Waals surface area contributed by atoms with Gasteiger partial charge in [0, 0.05) is 0 Å². The predicted molar refractivity (Wildman–Crippen MR) is 88.1 cm³/mol. The molecule has 0 aliphatic rings. The van der Waals surface area contributed by atoms with Gasteiger partial charge in [0.2, 0.25) is 0 Å². The average Bonchev–Trinajstić information content (AvgIpc) is 2.25. The molecule has 0 spiro atoms. The SMILES string of the molecule is CC(C)c1cc(C(C)C)c(CP(=O)(O)Cl)c(C(C)C)c1. The van der Waals surface area contributed by atoms with Gasteiger partial charge in [0.1, 0.15) is 0 Å². The third-order valence-corrected chi connectivity index (χ3v) is 4.67. The number of benzene rings is 1. The van der Waals surface area contributed by atoms with Crippen LogP contribution in [0.5, 0.6) is 0 Å². The first-order chi connectivity index (χ1) is 9.03. The predicted octanol–water partition coefficient (Wildman–Crippen LogP) is 5.98. The first-order valence-corrected chi connectivity index (χ1v) is 9.96. The minimum atomic E-state index is -3.59. The zero-order valence-corrected chi connectivity index (χ0v) is 14.9. The van der Waals surface area contributed by atoms with Gasteiger partial charge in [0.25, 0.3) is 6.72 Å². The minimum absolute atomic E-state index is 0.0496. The Morgan fingerprint density at radius 3 is 1.65 bits per heavy atom. The highest BCUT2D eigenvalue weighted by Crippen LogP contribution is 2.52. The summed E-state index contributed by atoms with van der Waals surface area (Å²) in [6.45, 7) is 9.21. The lowest BCUT2D eigenvalue weighted by atomic mass is 9.85. The smallest absolute Gasteiger partial charge is 0.291 e. The summed E-state index contributed by atoms with van der Waals surface area (Å²) in [6, 6.07) is 4.34. The van der Waals surface area contributed by atoms with Crippen molar-refractivity contribution in [2.45, 2.75) is 65.5 Å². The molecule has 0 saturated carbocycles. The molecule has 1 atom stereocenters. The molecule has 4 heteroatoms. The molecule has 0 aliphatic carbocycles. The molecular formula is C16H26ClO2P. The fourth-order valence-corrected chi connectivity index (χ4v) is 3.60. The van der Waals surface area contributed by atoms with Crippen LogP contribution in [0.2, 0.25) is 0 Å². The van der Waals surface area contributed by atoms with E-state index in [1.807, 2.05) is 0 Å². The normalized spacial score (nSPS) is 15.2. The third kappa shape index (κ3) is 4.62. The molecule has 1 aromatic rings. The fraction of sp³-hybridized carbons (Fsp3) is 0.625. The Bertz CT molecular complexity index is 486. The van der Waals surface area contributed by atoms with E-state index >= 15 is 0 Å². The first-order valence-electron chi connectivity index (χ1n) is 7.21. The van der Waals surface area contributed by atoms with Crippen LogP contribution in [0.3, 0.4) is 0 Å². The van der Waals surface area contributed by atoms with Gasteiger partial charge < -0.3 is 4.89 Å². The van der Waals surface area contributed by atoms with Crippen LogP contribution in [0.4, 0.5) is 0 Å². The van der Waals surface area contributed by atoms with Crippen molar-refractivity contribution in [3.63, 3.8) is 0 Å². The second kappa shape index (κ2) is 6.64. The van der Waals surface area contributed by atoms with Crippen molar-refractivity contribution in [2.24, 2.45) is 0 Å². The van der Waals surface area contributed by atoms with E-state index in [0.717, 1.165) is 16.7 Å². The van der Waals surface area contributed by atoms with Gasteiger partial charge in [0.15, 0.2) is 0 Å². The molecule has 1 rings (SSSR count). The van der Waals surface area contributed by atoms with Crippen molar-refractivity contribution in [2.75, 3.05) is 0 Å². The van der Waals surface area contributed by atoms with E-state index in [0.29, 0.717) is 17.8 Å². The van der Waals surface area contributed by atoms with Crippen molar-refractivity contribution >= 4 is 18.0 Å². The molecule has 0 radical (unpaired) electrons. The molecule has 1 N–H and O–H groups in total. The van der Waals surface area contributed by atoms with Crippen LogP contribution in [-0.2, 0) is 10.7 Å². The minimum Gasteiger partial charge on any atom is -0.333 e. The lowest BCUT2D eigenvalue weighted by Gasteiger charge is -2.23. The van der Waals surface area contributed by atoms with Gasteiger partial charge in [-0.3, -0.25) is 4.57 Å². The lowest BCUT2D eigenvalue weighted by molar-refractivity contribution is 0.494. The number of hydrogen-bond donors (Lipinski definition) is 1. The van der Waals surface area contributed by atoms with Crippen molar-refractivity contribution in [3.05, 3.63) is 34.4 Å².